The number of fused-ring (bicyclic) bond motifs is 2. The van der Waals surface area contributed by atoms with Crippen molar-refractivity contribution in [2.45, 2.75) is 50.8 Å². The van der Waals surface area contributed by atoms with Crippen LogP contribution in [0, 0.1) is 0 Å². The van der Waals surface area contributed by atoms with E-state index < -0.39 is 0 Å². The summed E-state index contributed by atoms with van der Waals surface area (Å²) in [6.07, 6.45) is 5.00. The van der Waals surface area contributed by atoms with Gasteiger partial charge >= 0.3 is 5.69 Å². The quantitative estimate of drug-likeness (QED) is 0.855. The zero-order valence-electron chi connectivity index (χ0n) is 14.7. The molecule has 1 saturated carbocycles. The fraction of sp³-hybridized carbons (Fsp3) is 0.579. The Morgan fingerprint density at radius 1 is 1.20 bits per heavy atom. The lowest BCUT2D eigenvalue weighted by atomic mass is 9.90. The molecule has 134 valence electrons. The van der Waals surface area contributed by atoms with E-state index >= 15 is 0 Å². The number of ether oxygens (including phenoxy) is 1. The maximum atomic E-state index is 12.8. The number of hydrogen-bond donors (Lipinski definition) is 0. The zero-order chi connectivity index (χ0) is 17.4. The van der Waals surface area contributed by atoms with E-state index in [1.165, 1.54) is 6.42 Å². The van der Waals surface area contributed by atoms with Gasteiger partial charge in [-0.25, -0.2) is 4.79 Å². The Morgan fingerprint density at radius 3 is 2.80 bits per heavy atom. The fourth-order valence-corrected chi connectivity index (χ4v) is 4.34. The number of aromatic nitrogens is 2. The van der Waals surface area contributed by atoms with Gasteiger partial charge in [0.1, 0.15) is 0 Å². The number of amides is 1. The highest BCUT2D eigenvalue weighted by Crippen LogP contribution is 2.28. The van der Waals surface area contributed by atoms with Gasteiger partial charge in [-0.15, -0.1) is 0 Å². The van der Waals surface area contributed by atoms with Crippen molar-refractivity contribution in [3.8, 4) is 0 Å². The molecule has 2 atom stereocenters. The molecule has 6 nitrogen and oxygen atoms in total. The molecule has 1 aliphatic heterocycles. The first-order valence-corrected chi connectivity index (χ1v) is 9.22. The van der Waals surface area contributed by atoms with Gasteiger partial charge in [0.15, 0.2) is 0 Å². The molecule has 2 fully saturated rings. The number of hydrogen-bond acceptors (Lipinski definition) is 3. The third kappa shape index (κ3) is 2.88. The standard InChI is InChI=1S/C19H25N3O3/c1-20-14-6-2-3-7-15(14)22(19(20)24)11-10-18(23)21-12-13-25-17-9-5-4-8-16(17)21/h2-3,6-7,16-17H,4-5,8-13H2,1H3/t16-,17+/m0/s1. The first kappa shape index (κ1) is 16.4. The van der Waals surface area contributed by atoms with Gasteiger partial charge in [-0.2, -0.15) is 0 Å². The van der Waals surface area contributed by atoms with Crippen molar-refractivity contribution in [1.29, 1.82) is 0 Å². The number of carbonyl (C=O) groups is 1. The molecule has 6 heteroatoms. The van der Waals surface area contributed by atoms with Crippen LogP contribution in [0.1, 0.15) is 32.1 Å². The van der Waals surface area contributed by atoms with E-state index in [-0.39, 0.29) is 23.7 Å². The summed E-state index contributed by atoms with van der Waals surface area (Å²) >= 11 is 0. The first-order chi connectivity index (χ1) is 12.2. The molecule has 1 saturated heterocycles. The molecular weight excluding hydrogens is 318 g/mol. The minimum absolute atomic E-state index is 0.0634. The smallest absolute Gasteiger partial charge is 0.328 e. The molecule has 0 spiro atoms. The summed E-state index contributed by atoms with van der Waals surface area (Å²) < 4.78 is 9.21. The van der Waals surface area contributed by atoms with E-state index in [4.69, 9.17) is 4.74 Å². The van der Waals surface area contributed by atoms with Crippen LogP contribution in [0.3, 0.4) is 0 Å². The van der Waals surface area contributed by atoms with Gasteiger partial charge in [0.05, 0.1) is 29.8 Å². The van der Waals surface area contributed by atoms with Crippen LogP contribution in [0.4, 0.5) is 0 Å². The number of rotatable bonds is 3. The maximum absolute atomic E-state index is 12.8. The third-order valence-electron chi connectivity index (χ3n) is 5.65. The van der Waals surface area contributed by atoms with Crippen LogP contribution in [-0.2, 0) is 23.1 Å². The number of morpholine rings is 1. The van der Waals surface area contributed by atoms with Gasteiger partial charge in [0.2, 0.25) is 5.91 Å². The third-order valence-corrected chi connectivity index (χ3v) is 5.65. The molecule has 1 aliphatic carbocycles. The van der Waals surface area contributed by atoms with Gasteiger partial charge in [0, 0.05) is 26.6 Å². The highest BCUT2D eigenvalue weighted by Gasteiger charge is 2.36. The topological polar surface area (TPSA) is 56.5 Å². The molecule has 0 N–H and O–H groups in total. The minimum atomic E-state index is -0.0634. The summed E-state index contributed by atoms with van der Waals surface area (Å²) in [5, 5.41) is 0. The van der Waals surface area contributed by atoms with Crippen molar-refractivity contribution in [1.82, 2.24) is 14.0 Å². The summed E-state index contributed by atoms with van der Waals surface area (Å²) in [7, 11) is 1.78. The highest BCUT2D eigenvalue weighted by atomic mass is 16.5. The number of carbonyl (C=O) groups excluding carboxylic acids is 1. The second-order valence-corrected chi connectivity index (χ2v) is 7.08. The van der Waals surface area contributed by atoms with E-state index in [9.17, 15) is 9.59 Å². The number of para-hydroxylation sites is 2. The Labute approximate surface area is 147 Å². The number of imidazole rings is 1. The van der Waals surface area contributed by atoms with Crippen molar-refractivity contribution >= 4 is 16.9 Å². The lowest BCUT2D eigenvalue weighted by molar-refractivity contribution is -0.149. The molecule has 25 heavy (non-hydrogen) atoms. The Kier molecular flexibility index (Phi) is 4.37. The Balaban J connectivity index is 1.51. The normalized spacial score (nSPS) is 23.6. The molecule has 0 radical (unpaired) electrons. The zero-order valence-corrected chi connectivity index (χ0v) is 14.7. The van der Waals surface area contributed by atoms with Crippen molar-refractivity contribution < 1.29 is 9.53 Å². The van der Waals surface area contributed by atoms with Gasteiger partial charge in [-0.05, 0) is 25.0 Å². The largest absolute Gasteiger partial charge is 0.374 e. The van der Waals surface area contributed by atoms with Crippen molar-refractivity contribution in [2.24, 2.45) is 7.05 Å². The summed E-state index contributed by atoms with van der Waals surface area (Å²) in [4.78, 5) is 27.3. The van der Waals surface area contributed by atoms with E-state index in [1.807, 2.05) is 29.2 Å². The second kappa shape index (κ2) is 6.67. The van der Waals surface area contributed by atoms with Crippen LogP contribution in [-0.4, -0.2) is 45.2 Å². The van der Waals surface area contributed by atoms with Crippen LogP contribution in [0.15, 0.2) is 29.1 Å². The Morgan fingerprint density at radius 2 is 1.96 bits per heavy atom. The molecule has 4 rings (SSSR count). The highest BCUT2D eigenvalue weighted by molar-refractivity contribution is 5.78. The number of aryl methyl sites for hydroxylation is 2. The Hall–Kier alpha value is -2.08. The SMILES string of the molecule is Cn1c(=O)n(CCC(=O)N2CCO[C@@H]3CCCC[C@@H]32)c2ccccc21. The molecule has 0 bridgehead atoms. The molecular formula is C19H25N3O3. The first-order valence-electron chi connectivity index (χ1n) is 9.22. The molecule has 2 aromatic rings. The van der Waals surface area contributed by atoms with Crippen LogP contribution >= 0.6 is 0 Å². The van der Waals surface area contributed by atoms with E-state index in [0.717, 1.165) is 30.3 Å². The van der Waals surface area contributed by atoms with Crippen LogP contribution in [0.2, 0.25) is 0 Å². The maximum Gasteiger partial charge on any atom is 0.328 e. The van der Waals surface area contributed by atoms with Crippen molar-refractivity contribution in [3.05, 3.63) is 34.7 Å². The van der Waals surface area contributed by atoms with E-state index in [0.29, 0.717) is 26.1 Å². The van der Waals surface area contributed by atoms with Crippen molar-refractivity contribution in [2.75, 3.05) is 13.2 Å². The van der Waals surface area contributed by atoms with E-state index in [1.54, 1.807) is 16.2 Å². The summed E-state index contributed by atoms with van der Waals surface area (Å²) in [5.74, 6) is 0.139. The van der Waals surface area contributed by atoms with Crippen molar-refractivity contribution in [3.63, 3.8) is 0 Å². The number of nitrogens with zero attached hydrogens (tertiary/aromatic N) is 3. The molecule has 1 aromatic heterocycles. The summed E-state index contributed by atoms with van der Waals surface area (Å²) in [6.45, 7) is 1.72. The van der Waals surface area contributed by atoms with Crippen LogP contribution in [0.25, 0.3) is 11.0 Å². The molecule has 1 aromatic carbocycles. The lowest BCUT2D eigenvalue weighted by Crippen LogP contribution is -2.55. The van der Waals surface area contributed by atoms with Gasteiger partial charge in [0.25, 0.3) is 0 Å². The Bertz CT molecular complexity index is 836. The average molecular weight is 343 g/mol. The van der Waals surface area contributed by atoms with Gasteiger partial charge < -0.3 is 9.64 Å². The van der Waals surface area contributed by atoms with Crippen LogP contribution in [0.5, 0.6) is 0 Å². The van der Waals surface area contributed by atoms with E-state index in [2.05, 4.69) is 0 Å². The van der Waals surface area contributed by atoms with Crippen LogP contribution < -0.4 is 5.69 Å². The van der Waals surface area contributed by atoms with Gasteiger partial charge in [-0.3, -0.25) is 13.9 Å². The van der Waals surface area contributed by atoms with Gasteiger partial charge in [-0.1, -0.05) is 25.0 Å². The molecule has 2 aliphatic rings. The predicted molar refractivity (Wildman–Crippen MR) is 95.5 cm³/mol. The molecule has 0 unspecified atom stereocenters. The summed E-state index contributed by atoms with van der Waals surface area (Å²) in [5.41, 5.74) is 1.73. The molecule has 2 heterocycles. The second-order valence-electron chi connectivity index (χ2n) is 7.08. The number of benzene rings is 1. The lowest BCUT2D eigenvalue weighted by Gasteiger charge is -2.43. The summed E-state index contributed by atoms with van der Waals surface area (Å²) in [6, 6.07) is 7.94. The average Bonchev–Trinajstić information content (AvgIpc) is 2.90. The predicted octanol–water partition coefficient (Wildman–Crippen LogP) is 1.90. The monoisotopic (exact) mass is 343 g/mol. The minimum Gasteiger partial charge on any atom is -0.374 e. The molecule has 1 amide bonds. The fourth-order valence-electron chi connectivity index (χ4n) is 4.34.